The molecule has 146 valence electrons. The van der Waals surface area contributed by atoms with Gasteiger partial charge in [-0.15, -0.1) is 0 Å². The molecular weight excluding hydrogens is 376 g/mol. The van der Waals surface area contributed by atoms with Gasteiger partial charge in [-0.1, -0.05) is 30.3 Å². The zero-order valence-electron chi connectivity index (χ0n) is 15.8. The molecule has 0 unspecified atom stereocenters. The first-order chi connectivity index (χ1) is 13.3. The molecule has 28 heavy (non-hydrogen) atoms. The van der Waals surface area contributed by atoms with Crippen LogP contribution in [0.5, 0.6) is 0 Å². The van der Waals surface area contributed by atoms with Gasteiger partial charge in [-0.3, -0.25) is 9.48 Å². The van der Waals surface area contributed by atoms with E-state index in [0.29, 0.717) is 24.2 Å². The van der Waals surface area contributed by atoms with Gasteiger partial charge >= 0.3 is 0 Å². The molecule has 1 N–H and O–H groups in total. The molecule has 1 saturated heterocycles. The number of carbonyl (C=O) groups excluding carboxylic acids is 1. The van der Waals surface area contributed by atoms with Crippen molar-refractivity contribution in [2.45, 2.75) is 32.9 Å². The zero-order valence-corrected chi connectivity index (χ0v) is 16.7. The molecule has 1 aliphatic heterocycles. The van der Waals surface area contributed by atoms with E-state index in [0.717, 1.165) is 11.3 Å². The second-order valence-corrected chi connectivity index (χ2v) is 9.15. The molecule has 1 aliphatic rings. The quantitative estimate of drug-likeness (QED) is 0.613. The highest BCUT2D eigenvalue weighted by Crippen LogP contribution is 2.27. The molecule has 7 nitrogen and oxygen atoms in total. The molecule has 0 radical (unpaired) electrons. The molecular formula is C20H22N4O3S. The number of benzene rings is 1. The second kappa shape index (κ2) is 7.98. The summed E-state index contributed by atoms with van der Waals surface area (Å²) in [6, 6.07) is 11.2. The van der Waals surface area contributed by atoms with Crippen LogP contribution in [0.1, 0.15) is 35.0 Å². The lowest BCUT2D eigenvalue weighted by Gasteiger charge is -2.11. The van der Waals surface area contributed by atoms with E-state index in [2.05, 4.69) is 10.4 Å². The van der Waals surface area contributed by atoms with E-state index in [4.69, 9.17) is 0 Å². The van der Waals surface area contributed by atoms with Crippen LogP contribution in [0, 0.1) is 25.2 Å². The Morgan fingerprint density at radius 3 is 2.68 bits per heavy atom. The van der Waals surface area contributed by atoms with E-state index >= 15 is 0 Å². The summed E-state index contributed by atoms with van der Waals surface area (Å²) in [6.45, 7) is 3.94. The third-order valence-corrected chi connectivity index (χ3v) is 6.64. The van der Waals surface area contributed by atoms with Gasteiger partial charge in [-0.2, -0.15) is 10.4 Å². The van der Waals surface area contributed by atoms with Crippen molar-refractivity contribution in [3.05, 3.63) is 58.4 Å². The number of aromatic nitrogens is 2. The number of carbonyl (C=O) groups is 1. The Morgan fingerprint density at radius 2 is 2.07 bits per heavy atom. The lowest BCUT2D eigenvalue weighted by atomic mass is 10.1. The number of nitrogens with zero attached hydrogens (tertiary/aromatic N) is 3. The summed E-state index contributed by atoms with van der Waals surface area (Å²) in [5.41, 5.74) is 3.01. The van der Waals surface area contributed by atoms with Crippen LogP contribution in [-0.2, 0) is 21.2 Å². The van der Waals surface area contributed by atoms with E-state index in [9.17, 15) is 18.5 Å². The Kier molecular flexibility index (Phi) is 5.66. The van der Waals surface area contributed by atoms with Gasteiger partial charge in [0.05, 0.1) is 23.2 Å². The molecule has 0 aliphatic carbocycles. The third kappa shape index (κ3) is 4.31. The highest BCUT2D eigenvalue weighted by atomic mass is 32.2. The van der Waals surface area contributed by atoms with E-state index in [1.165, 1.54) is 6.08 Å². The molecule has 0 bridgehead atoms. The second-order valence-electron chi connectivity index (χ2n) is 6.92. The number of amides is 1. The van der Waals surface area contributed by atoms with Crippen LogP contribution in [0.15, 0.2) is 35.9 Å². The maximum absolute atomic E-state index is 12.4. The lowest BCUT2D eigenvalue weighted by Crippen LogP contribution is -2.23. The predicted octanol–water partition coefficient (Wildman–Crippen LogP) is 2.08. The van der Waals surface area contributed by atoms with Crippen LogP contribution in [0.3, 0.4) is 0 Å². The number of rotatable bonds is 5. The minimum absolute atomic E-state index is 0.0132. The van der Waals surface area contributed by atoms with Crippen molar-refractivity contribution in [2.75, 3.05) is 11.5 Å². The molecule has 1 aromatic heterocycles. The Labute approximate surface area is 164 Å². The Hall–Kier alpha value is -2.92. The summed E-state index contributed by atoms with van der Waals surface area (Å²) in [5, 5.41) is 16.6. The van der Waals surface area contributed by atoms with Crippen LogP contribution in [0.2, 0.25) is 0 Å². The Morgan fingerprint density at radius 1 is 1.36 bits per heavy atom. The minimum Gasteiger partial charge on any atom is -0.347 e. The van der Waals surface area contributed by atoms with Crippen molar-refractivity contribution >= 4 is 21.8 Å². The molecule has 1 fully saturated rings. The summed E-state index contributed by atoms with van der Waals surface area (Å²) in [5.74, 6) is -0.228. The molecule has 0 spiro atoms. The average Bonchev–Trinajstić information content (AvgIpc) is 3.17. The number of nitrogens with one attached hydrogen (secondary N) is 1. The fourth-order valence-corrected chi connectivity index (χ4v) is 5.07. The number of hydrogen-bond acceptors (Lipinski definition) is 5. The van der Waals surface area contributed by atoms with Crippen LogP contribution < -0.4 is 5.32 Å². The molecule has 1 atom stereocenters. The van der Waals surface area contributed by atoms with Crippen molar-refractivity contribution in [1.82, 2.24) is 15.1 Å². The maximum Gasteiger partial charge on any atom is 0.262 e. The van der Waals surface area contributed by atoms with Gasteiger partial charge in [0.2, 0.25) is 0 Å². The predicted molar refractivity (Wildman–Crippen MR) is 106 cm³/mol. The molecule has 3 rings (SSSR count). The van der Waals surface area contributed by atoms with Crippen LogP contribution in [0.25, 0.3) is 6.08 Å². The van der Waals surface area contributed by atoms with Gasteiger partial charge in [0.15, 0.2) is 9.84 Å². The summed E-state index contributed by atoms with van der Waals surface area (Å²) >= 11 is 0. The van der Waals surface area contributed by atoms with Crippen LogP contribution >= 0.6 is 0 Å². The van der Waals surface area contributed by atoms with Gasteiger partial charge in [0.25, 0.3) is 5.91 Å². The summed E-state index contributed by atoms with van der Waals surface area (Å²) in [4.78, 5) is 12.4. The van der Waals surface area contributed by atoms with Gasteiger partial charge in [0.1, 0.15) is 11.6 Å². The smallest absolute Gasteiger partial charge is 0.262 e. The first kappa shape index (κ1) is 19.8. The molecule has 8 heteroatoms. The van der Waals surface area contributed by atoms with Gasteiger partial charge in [-0.05, 0) is 31.9 Å². The largest absolute Gasteiger partial charge is 0.347 e. The molecule has 1 aromatic carbocycles. The fourth-order valence-electron chi connectivity index (χ4n) is 3.37. The van der Waals surface area contributed by atoms with Gasteiger partial charge in [-0.25, -0.2) is 8.42 Å². The third-order valence-electron chi connectivity index (χ3n) is 4.88. The van der Waals surface area contributed by atoms with E-state index in [1.807, 2.05) is 43.3 Å². The first-order valence-electron chi connectivity index (χ1n) is 9.01. The normalized spacial score (nSPS) is 18.6. The maximum atomic E-state index is 12.4. The van der Waals surface area contributed by atoms with E-state index in [1.54, 1.807) is 11.6 Å². The average molecular weight is 398 g/mol. The standard InChI is InChI=1S/C20H22N4O3S/c1-14-19(15(2)24(23-14)18-8-9-28(26,27)13-18)10-17(11-21)20(25)22-12-16-6-4-3-5-7-16/h3-7,10,18H,8-9,12-13H2,1-2H3,(H,22,25)/b17-10+/t18-/m1/s1. The van der Waals surface area contributed by atoms with Crippen LogP contribution in [0.4, 0.5) is 0 Å². The van der Waals surface area contributed by atoms with Crippen molar-refractivity contribution < 1.29 is 13.2 Å². The zero-order chi connectivity index (χ0) is 20.3. The van der Waals surface area contributed by atoms with E-state index < -0.39 is 15.7 Å². The lowest BCUT2D eigenvalue weighted by molar-refractivity contribution is -0.117. The van der Waals surface area contributed by atoms with Crippen molar-refractivity contribution in [3.63, 3.8) is 0 Å². The highest BCUT2D eigenvalue weighted by molar-refractivity contribution is 7.91. The molecule has 2 heterocycles. The number of aryl methyl sites for hydroxylation is 1. The number of hydrogen-bond donors (Lipinski definition) is 1. The van der Waals surface area contributed by atoms with Crippen LogP contribution in [-0.4, -0.2) is 35.6 Å². The monoisotopic (exact) mass is 398 g/mol. The van der Waals surface area contributed by atoms with Crippen molar-refractivity contribution in [3.8, 4) is 6.07 Å². The Bertz CT molecular complexity index is 1060. The highest BCUT2D eigenvalue weighted by Gasteiger charge is 2.31. The summed E-state index contributed by atoms with van der Waals surface area (Å²) in [7, 11) is -3.03. The molecule has 2 aromatic rings. The van der Waals surface area contributed by atoms with Gasteiger partial charge < -0.3 is 5.32 Å². The fraction of sp³-hybridized carbons (Fsp3) is 0.350. The minimum atomic E-state index is -3.03. The van der Waals surface area contributed by atoms with E-state index in [-0.39, 0.29) is 23.1 Å². The molecule has 0 saturated carbocycles. The number of sulfone groups is 1. The van der Waals surface area contributed by atoms with Gasteiger partial charge in [0, 0.05) is 17.8 Å². The molecule has 1 amide bonds. The topological polar surface area (TPSA) is 105 Å². The Balaban J connectivity index is 1.81. The van der Waals surface area contributed by atoms with Crippen molar-refractivity contribution in [1.29, 1.82) is 5.26 Å². The summed E-state index contributed by atoms with van der Waals surface area (Å²) < 4.78 is 25.3. The first-order valence-corrected chi connectivity index (χ1v) is 10.8. The number of nitriles is 1. The summed E-state index contributed by atoms with van der Waals surface area (Å²) in [6.07, 6.45) is 2.05. The van der Waals surface area contributed by atoms with Crippen molar-refractivity contribution in [2.24, 2.45) is 0 Å². The SMILES string of the molecule is Cc1nn([C@@H]2CCS(=O)(=O)C2)c(C)c1/C=C(\C#N)C(=O)NCc1ccccc1.